The van der Waals surface area contributed by atoms with Gasteiger partial charge in [0.25, 0.3) is 5.22 Å². The number of thioether (sulfide) groups is 1. The summed E-state index contributed by atoms with van der Waals surface area (Å²) in [7, 11) is 0. The number of hydrogen-bond acceptors (Lipinski definition) is 4. The molecule has 1 N–H and O–H groups in total. The summed E-state index contributed by atoms with van der Waals surface area (Å²) < 4.78 is 5.44. The number of hydrogen-bond donors (Lipinski definition) is 1. The lowest BCUT2D eigenvalue weighted by molar-refractivity contribution is 0.450. The highest BCUT2D eigenvalue weighted by Crippen LogP contribution is 2.31. The Labute approximate surface area is 125 Å². The molecule has 2 unspecified atom stereocenters. The summed E-state index contributed by atoms with van der Waals surface area (Å²) in [6.07, 6.45) is 1.70. The minimum atomic E-state index is 0.290. The van der Waals surface area contributed by atoms with E-state index in [0.717, 1.165) is 17.5 Å². The molecule has 20 heavy (non-hydrogen) atoms. The van der Waals surface area contributed by atoms with Gasteiger partial charge in [0, 0.05) is 11.3 Å². The van der Waals surface area contributed by atoms with E-state index in [4.69, 9.17) is 4.42 Å². The molecular formula is C16H22N2OS. The molecule has 0 spiro atoms. The molecule has 1 aromatic carbocycles. The van der Waals surface area contributed by atoms with Gasteiger partial charge in [-0.1, -0.05) is 55.4 Å². The van der Waals surface area contributed by atoms with E-state index in [2.05, 4.69) is 55.3 Å². The molecule has 2 rings (SSSR count). The van der Waals surface area contributed by atoms with Crippen LogP contribution < -0.4 is 5.32 Å². The van der Waals surface area contributed by atoms with Gasteiger partial charge in [-0.15, -0.1) is 0 Å². The van der Waals surface area contributed by atoms with Gasteiger partial charge in [0.05, 0.1) is 5.69 Å². The van der Waals surface area contributed by atoms with E-state index in [-0.39, 0.29) is 6.04 Å². The van der Waals surface area contributed by atoms with Gasteiger partial charge in [-0.25, -0.2) is 4.98 Å². The third-order valence-electron chi connectivity index (χ3n) is 3.21. The Balaban J connectivity index is 2.12. The van der Waals surface area contributed by atoms with Gasteiger partial charge >= 0.3 is 0 Å². The van der Waals surface area contributed by atoms with E-state index in [1.807, 2.05) is 6.92 Å². The molecule has 1 aromatic heterocycles. The maximum absolute atomic E-state index is 5.44. The van der Waals surface area contributed by atoms with Crippen molar-refractivity contribution in [2.24, 2.45) is 0 Å². The standard InChI is InChI=1S/C16H22N2OS/c1-5-17-15(14-8-6-11(2)7-9-14)13(4)20-16-18-12(3)10-19-16/h6-10,13,15,17H,5H2,1-4H3. The molecule has 0 saturated heterocycles. The van der Waals surface area contributed by atoms with Gasteiger partial charge in [0.2, 0.25) is 0 Å². The third-order valence-corrected chi connectivity index (χ3v) is 4.25. The first kappa shape index (κ1) is 15.1. The van der Waals surface area contributed by atoms with Crippen LogP contribution in [0.15, 0.2) is 40.2 Å². The lowest BCUT2D eigenvalue weighted by Crippen LogP contribution is -2.28. The van der Waals surface area contributed by atoms with Gasteiger partial charge < -0.3 is 9.73 Å². The zero-order valence-electron chi connectivity index (χ0n) is 12.5. The maximum atomic E-state index is 5.44. The summed E-state index contributed by atoms with van der Waals surface area (Å²) in [5, 5.41) is 4.64. The minimum absolute atomic E-state index is 0.290. The molecule has 0 fully saturated rings. The molecule has 0 amide bonds. The second-order valence-electron chi connectivity index (χ2n) is 5.02. The normalized spacial score (nSPS) is 14.2. The van der Waals surface area contributed by atoms with Crippen LogP contribution in [-0.4, -0.2) is 16.8 Å². The van der Waals surface area contributed by atoms with Crippen LogP contribution in [0, 0.1) is 13.8 Å². The summed E-state index contributed by atoms with van der Waals surface area (Å²) in [5.41, 5.74) is 3.52. The van der Waals surface area contributed by atoms with Gasteiger partial charge in [-0.3, -0.25) is 0 Å². The van der Waals surface area contributed by atoms with Crippen molar-refractivity contribution >= 4 is 11.8 Å². The number of nitrogens with zero attached hydrogens (tertiary/aromatic N) is 1. The van der Waals surface area contributed by atoms with Crippen molar-refractivity contribution in [2.75, 3.05) is 6.54 Å². The molecular weight excluding hydrogens is 268 g/mol. The molecule has 0 aliphatic heterocycles. The van der Waals surface area contributed by atoms with Crippen LogP contribution >= 0.6 is 11.8 Å². The van der Waals surface area contributed by atoms with Crippen LogP contribution in [0.3, 0.4) is 0 Å². The van der Waals surface area contributed by atoms with E-state index in [1.54, 1.807) is 18.0 Å². The SMILES string of the molecule is CCNC(c1ccc(C)cc1)C(C)Sc1nc(C)co1. The van der Waals surface area contributed by atoms with Crippen molar-refractivity contribution in [1.29, 1.82) is 0 Å². The highest BCUT2D eigenvalue weighted by atomic mass is 32.2. The number of nitrogens with one attached hydrogen (secondary N) is 1. The van der Waals surface area contributed by atoms with E-state index >= 15 is 0 Å². The van der Waals surface area contributed by atoms with Gasteiger partial charge in [0.15, 0.2) is 0 Å². The lowest BCUT2D eigenvalue weighted by Gasteiger charge is -2.24. The van der Waals surface area contributed by atoms with Crippen molar-refractivity contribution in [2.45, 2.75) is 44.2 Å². The number of aryl methyl sites for hydroxylation is 2. The minimum Gasteiger partial charge on any atom is -0.440 e. The maximum Gasteiger partial charge on any atom is 0.256 e. The fourth-order valence-electron chi connectivity index (χ4n) is 2.16. The van der Waals surface area contributed by atoms with Crippen molar-refractivity contribution in [3.63, 3.8) is 0 Å². The number of oxazole rings is 1. The fraction of sp³-hybridized carbons (Fsp3) is 0.438. The smallest absolute Gasteiger partial charge is 0.256 e. The molecule has 3 nitrogen and oxygen atoms in total. The summed E-state index contributed by atoms with van der Waals surface area (Å²) in [4.78, 5) is 4.37. The van der Waals surface area contributed by atoms with Crippen LogP contribution in [0.4, 0.5) is 0 Å². The van der Waals surface area contributed by atoms with Crippen LogP contribution in [-0.2, 0) is 0 Å². The average Bonchev–Trinajstić information content (AvgIpc) is 2.82. The monoisotopic (exact) mass is 290 g/mol. The summed E-state index contributed by atoms with van der Waals surface area (Å²) in [5.74, 6) is 0. The van der Waals surface area contributed by atoms with Gasteiger partial charge in [0.1, 0.15) is 6.26 Å². The molecule has 4 heteroatoms. The van der Waals surface area contributed by atoms with Crippen molar-refractivity contribution in [3.05, 3.63) is 47.3 Å². The van der Waals surface area contributed by atoms with Crippen LogP contribution in [0.25, 0.3) is 0 Å². The predicted octanol–water partition coefficient (Wildman–Crippen LogP) is 4.12. The van der Waals surface area contributed by atoms with Gasteiger partial charge in [-0.05, 0) is 26.0 Å². The topological polar surface area (TPSA) is 38.1 Å². The van der Waals surface area contributed by atoms with Crippen LogP contribution in [0.5, 0.6) is 0 Å². The first-order chi connectivity index (χ1) is 9.60. The Morgan fingerprint density at radius 3 is 2.50 bits per heavy atom. The predicted molar refractivity (Wildman–Crippen MR) is 84.2 cm³/mol. The Kier molecular flexibility index (Phi) is 5.26. The number of aromatic nitrogens is 1. The molecule has 0 saturated carbocycles. The fourth-order valence-corrected chi connectivity index (χ4v) is 3.17. The first-order valence-corrected chi connectivity index (χ1v) is 7.87. The van der Waals surface area contributed by atoms with Crippen molar-refractivity contribution in [3.8, 4) is 0 Å². The number of benzene rings is 1. The second kappa shape index (κ2) is 6.95. The molecule has 0 bridgehead atoms. The van der Waals surface area contributed by atoms with Crippen molar-refractivity contribution in [1.82, 2.24) is 10.3 Å². The Hall–Kier alpha value is -1.26. The largest absolute Gasteiger partial charge is 0.440 e. The molecule has 2 aromatic rings. The van der Waals surface area contributed by atoms with Crippen molar-refractivity contribution < 1.29 is 4.42 Å². The highest BCUT2D eigenvalue weighted by Gasteiger charge is 2.21. The molecule has 2 atom stereocenters. The van der Waals surface area contributed by atoms with E-state index < -0.39 is 0 Å². The van der Waals surface area contributed by atoms with E-state index in [9.17, 15) is 0 Å². The quantitative estimate of drug-likeness (QED) is 0.812. The lowest BCUT2D eigenvalue weighted by atomic mass is 10.0. The average molecular weight is 290 g/mol. The summed E-state index contributed by atoms with van der Waals surface area (Å²) in [6, 6.07) is 9.00. The van der Waals surface area contributed by atoms with Crippen LogP contribution in [0.2, 0.25) is 0 Å². The van der Waals surface area contributed by atoms with Crippen LogP contribution in [0.1, 0.15) is 36.7 Å². The highest BCUT2D eigenvalue weighted by molar-refractivity contribution is 7.99. The van der Waals surface area contributed by atoms with E-state index in [1.165, 1.54) is 11.1 Å². The Morgan fingerprint density at radius 1 is 1.25 bits per heavy atom. The molecule has 108 valence electrons. The summed E-state index contributed by atoms with van der Waals surface area (Å²) >= 11 is 1.67. The molecule has 1 heterocycles. The molecule has 0 aliphatic rings. The molecule has 0 radical (unpaired) electrons. The molecule has 0 aliphatic carbocycles. The Morgan fingerprint density at radius 2 is 1.95 bits per heavy atom. The first-order valence-electron chi connectivity index (χ1n) is 6.99. The Bertz CT molecular complexity index is 536. The third kappa shape index (κ3) is 3.87. The summed E-state index contributed by atoms with van der Waals surface area (Å²) in [6.45, 7) is 9.33. The number of rotatable bonds is 6. The zero-order valence-corrected chi connectivity index (χ0v) is 13.3. The van der Waals surface area contributed by atoms with Gasteiger partial charge in [-0.2, -0.15) is 0 Å². The second-order valence-corrected chi connectivity index (χ2v) is 6.35. The van der Waals surface area contributed by atoms with E-state index in [0.29, 0.717) is 5.25 Å². The zero-order chi connectivity index (χ0) is 14.5.